The lowest BCUT2D eigenvalue weighted by Crippen LogP contribution is -2.37. The molecule has 5 rings (SSSR count). The minimum absolute atomic E-state index is 0.110. The van der Waals surface area contributed by atoms with Gasteiger partial charge in [0.05, 0.1) is 16.3 Å². The SMILES string of the molecule is O=C1[C@H]2[C@@H](c3cccs3)N(c3ccccc3)O[C@H]2C(=O)N1c1ccc([N+](=O)[O-])cc1. The highest BCUT2D eigenvalue weighted by Crippen LogP contribution is 2.48. The van der Waals surface area contributed by atoms with Crippen LogP contribution in [-0.2, 0) is 14.4 Å². The van der Waals surface area contributed by atoms with E-state index in [0.29, 0.717) is 5.69 Å². The first-order valence-electron chi connectivity index (χ1n) is 9.23. The molecule has 150 valence electrons. The molecular formula is C21H15N3O5S. The minimum atomic E-state index is -0.958. The molecule has 2 saturated heterocycles. The normalized spacial score (nSPS) is 23.1. The van der Waals surface area contributed by atoms with Gasteiger partial charge in [0, 0.05) is 17.0 Å². The predicted molar refractivity (Wildman–Crippen MR) is 110 cm³/mol. The number of amides is 2. The van der Waals surface area contributed by atoms with Gasteiger partial charge in [-0.3, -0.25) is 24.5 Å². The van der Waals surface area contributed by atoms with Gasteiger partial charge in [0.25, 0.3) is 11.6 Å². The average molecular weight is 421 g/mol. The molecule has 9 heteroatoms. The van der Waals surface area contributed by atoms with Crippen molar-refractivity contribution >= 4 is 40.2 Å². The molecule has 3 aromatic rings. The fraction of sp³-hybridized carbons (Fsp3) is 0.143. The van der Waals surface area contributed by atoms with E-state index in [1.807, 2.05) is 47.8 Å². The Morgan fingerprint density at radius 2 is 1.63 bits per heavy atom. The molecular weight excluding hydrogens is 406 g/mol. The Bertz CT molecular complexity index is 1120. The van der Waals surface area contributed by atoms with Crippen LogP contribution in [0.15, 0.2) is 72.1 Å². The van der Waals surface area contributed by atoms with Gasteiger partial charge in [0.1, 0.15) is 12.0 Å². The summed E-state index contributed by atoms with van der Waals surface area (Å²) in [6.07, 6.45) is -0.958. The van der Waals surface area contributed by atoms with Crippen LogP contribution in [-0.4, -0.2) is 22.8 Å². The average Bonchev–Trinajstić information content (AvgIpc) is 3.46. The second kappa shape index (κ2) is 7.05. The summed E-state index contributed by atoms with van der Waals surface area (Å²) in [6, 6.07) is 18.1. The standard InChI is InChI=1S/C21H15N3O5S/c25-20-17-18(16-7-4-12-30-16)23(14-5-2-1-3-6-14)29-19(17)21(26)22(20)13-8-10-15(11-9-13)24(27)28/h1-12,17-19H/t17-,18+,19+/m0/s1. The van der Waals surface area contributed by atoms with Crippen LogP contribution in [0.1, 0.15) is 10.9 Å². The minimum Gasteiger partial charge on any atom is -0.273 e. The molecule has 2 aliphatic heterocycles. The molecule has 2 amide bonds. The van der Waals surface area contributed by atoms with Gasteiger partial charge < -0.3 is 0 Å². The van der Waals surface area contributed by atoms with E-state index in [1.54, 1.807) is 5.06 Å². The molecule has 0 radical (unpaired) electrons. The molecule has 2 fully saturated rings. The van der Waals surface area contributed by atoms with Crippen molar-refractivity contribution in [3.8, 4) is 0 Å². The summed E-state index contributed by atoms with van der Waals surface area (Å²) in [5.41, 5.74) is 0.943. The maximum Gasteiger partial charge on any atom is 0.269 e. The van der Waals surface area contributed by atoms with E-state index >= 15 is 0 Å². The van der Waals surface area contributed by atoms with Crippen molar-refractivity contribution < 1.29 is 19.3 Å². The Labute approximate surface area is 175 Å². The third-order valence-electron chi connectivity index (χ3n) is 5.28. The molecule has 30 heavy (non-hydrogen) atoms. The maximum atomic E-state index is 13.4. The van der Waals surface area contributed by atoms with E-state index in [4.69, 9.17) is 4.84 Å². The molecule has 0 unspecified atom stereocenters. The number of rotatable bonds is 4. The molecule has 2 aromatic carbocycles. The Hall–Kier alpha value is -3.56. The molecule has 0 saturated carbocycles. The fourth-order valence-corrected chi connectivity index (χ4v) is 4.79. The lowest BCUT2D eigenvalue weighted by Gasteiger charge is -2.27. The van der Waals surface area contributed by atoms with Gasteiger partial charge in [-0.2, -0.15) is 0 Å². The number of fused-ring (bicyclic) bond motifs is 1. The van der Waals surface area contributed by atoms with E-state index in [2.05, 4.69) is 0 Å². The third-order valence-corrected chi connectivity index (χ3v) is 6.22. The number of benzene rings is 2. The van der Waals surface area contributed by atoms with Crippen molar-refractivity contribution in [3.05, 3.63) is 87.1 Å². The smallest absolute Gasteiger partial charge is 0.269 e. The molecule has 2 aliphatic rings. The van der Waals surface area contributed by atoms with Crippen molar-refractivity contribution in [2.24, 2.45) is 5.92 Å². The highest BCUT2D eigenvalue weighted by molar-refractivity contribution is 7.10. The fourth-order valence-electron chi connectivity index (χ4n) is 3.94. The van der Waals surface area contributed by atoms with Crippen LogP contribution in [0.5, 0.6) is 0 Å². The van der Waals surface area contributed by atoms with Gasteiger partial charge in [0.15, 0.2) is 6.10 Å². The molecule has 0 spiro atoms. The Kier molecular flexibility index (Phi) is 4.34. The van der Waals surface area contributed by atoms with Gasteiger partial charge in [-0.1, -0.05) is 24.3 Å². The molecule has 3 heterocycles. The second-order valence-electron chi connectivity index (χ2n) is 6.96. The van der Waals surface area contributed by atoms with Crippen molar-refractivity contribution in [1.82, 2.24) is 0 Å². The molecule has 3 atom stereocenters. The quantitative estimate of drug-likeness (QED) is 0.362. The zero-order chi connectivity index (χ0) is 20.8. The number of carbonyl (C=O) groups excluding carboxylic acids is 2. The van der Waals surface area contributed by atoms with Crippen molar-refractivity contribution in [2.75, 3.05) is 9.96 Å². The largest absolute Gasteiger partial charge is 0.273 e. The monoisotopic (exact) mass is 421 g/mol. The number of nitrogens with zero attached hydrogens (tertiary/aromatic N) is 3. The lowest BCUT2D eigenvalue weighted by atomic mass is 9.95. The van der Waals surface area contributed by atoms with Crippen molar-refractivity contribution in [3.63, 3.8) is 0 Å². The summed E-state index contributed by atoms with van der Waals surface area (Å²) in [4.78, 5) is 44.9. The first kappa shape index (κ1) is 18.5. The molecule has 1 aromatic heterocycles. The van der Waals surface area contributed by atoms with E-state index in [-0.39, 0.29) is 11.6 Å². The summed E-state index contributed by atoms with van der Waals surface area (Å²) in [5, 5.41) is 14.5. The van der Waals surface area contributed by atoms with E-state index in [9.17, 15) is 19.7 Å². The Morgan fingerprint density at radius 1 is 0.900 bits per heavy atom. The third kappa shape index (κ3) is 2.78. The molecule has 0 bridgehead atoms. The summed E-state index contributed by atoms with van der Waals surface area (Å²) in [6.45, 7) is 0. The highest BCUT2D eigenvalue weighted by atomic mass is 32.1. The summed E-state index contributed by atoms with van der Waals surface area (Å²) in [5.74, 6) is -1.57. The number of hydrogen-bond donors (Lipinski definition) is 0. The molecule has 8 nitrogen and oxygen atoms in total. The summed E-state index contributed by atoms with van der Waals surface area (Å²) < 4.78 is 0. The van der Waals surface area contributed by atoms with Crippen LogP contribution in [0.25, 0.3) is 0 Å². The number of hydrogen-bond acceptors (Lipinski definition) is 7. The lowest BCUT2D eigenvalue weighted by molar-refractivity contribution is -0.384. The van der Waals surface area contributed by atoms with E-state index < -0.39 is 28.9 Å². The van der Waals surface area contributed by atoms with Crippen LogP contribution >= 0.6 is 11.3 Å². The topological polar surface area (TPSA) is 93.0 Å². The number of carbonyl (C=O) groups is 2. The number of nitro groups is 1. The number of thiophene rings is 1. The van der Waals surface area contributed by atoms with Crippen LogP contribution in [0, 0.1) is 16.0 Å². The number of nitro benzene ring substituents is 1. The first-order chi connectivity index (χ1) is 14.6. The Balaban J connectivity index is 1.53. The zero-order valence-electron chi connectivity index (χ0n) is 15.5. The van der Waals surface area contributed by atoms with Gasteiger partial charge >= 0.3 is 0 Å². The van der Waals surface area contributed by atoms with Crippen molar-refractivity contribution in [2.45, 2.75) is 12.1 Å². The van der Waals surface area contributed by atoms with Gasteiger partial charge in [-0.05, 0) is 35.7 Å². The van der Waals surface area contributed by atoms with E-state index in [1.165, 1.54) is 35.6 Å². The zero-order valence-corrected chi connectivity index (χ0v) is 16.3. The Morgan fingerprint density at radius 3 is 2.27 bits per heavy atom. The first-order valence-corrected chi connectivity index (χ1v) is 10.1. The van der Waals surface area contributed by atoms with Crippen LogP contribution in [0.2, 0.25) is 0 Å². The maximum absolute atomic E-state index is 13.4. The van der Waals surface area contributed by atoms with Crippen molar-refractivity contribution in [1.29, 1.82) is 0 Å². The van der Waals surface area contributed by atoms with E-state index in [0.717, 1.165) is 15.5 Å². The number of imide groups is 1. The predicted octanol–water partition coefficient (Wildman–Crippen LogP) is 3.71. The summed E-state index contributed by atoms with van der Waals surface area (Å²) >= 11 is 1.49. The summed E-state index contributed by atoms with van der Waals surface area (Å²) in [7, 11) is 0. The second-order valence-corrected chi connectivity index (χ2v) is 7.94. The number of para-hydroxylation sites is 1. The van der Waals surface area contributed by atoms with Gasteiger partial charge in [-0.15, -0.1) is 11.3 Å². The number of hydroxylamine groups is 1. The van der Waals surface area contributed by atoms with Crippen LogP contribution < -0.4 is 9.96 Å². The van der Waals surface area contributed by atoms with Gasteiger partial charge in [0.2, 0.25) is 5.91 Å². The van der Waals surface area contributed by atoms with Gasteiger partial charge in [-0.25, -0.2) is 9.96 Å². The molecule has 0 N–H and O–H groups in total. The number of anilines is 2. The van der Waals surface area contributed by atoms with Crippen LogP contribution in [0.4, 0.5) is 17.1 Å². The highest BCUT2D eigenvalue weighted by Gasteiger charge is 2.60. The molecule has 0 aliphatic carbocycles. The number of non-ortho nitro benzene ring substituents is 1. The van der Waals surface area contributed by atoms with Crippen LogP contribution in [0.3, 0.4) is 0 Å².